The van der Waals surface area contributed by atoms with Gasteiger partial charge in [-0.05, 0) is 24.6 Å². The van der Waals surface area contributed by atoms with Crippen molar-refractivity contribution in [2.75, 3.05) is 12.3 Å². The number of anilines is 1. The average molecular weight is 258 g/mol. The van der Waals surface area contributed by atoms with E-state index in [1.165, 1.54) is 0 Å². The number of rotatable bonds is 4. The molecule has 1 aromatic heterocycles. The first kappa shape index (κ1) is 13.1. The van der Waals surface area contributed by atoms with E-state index >= 15 is 0 Å². The van der Waals surface area contributed by atoms with Crippen molar-refractivity contribution in [3.8, 4) is 0 Å². The molecule has 0 aliphatic rings. The molecule has 0 radical (unpaired) electrons. The van der Waals surface area contributed by atoms with Crippen LogP contribution in [0.3, 0.4) is 0 Å². The lowest BCUT2D eigenvalue weighted by Crippen LogP contribution is -2.26. The molecule has 0 saturated heterocycles. The van der Waals surface area contributed by atoms with E-state index in [2.05, 4.69) is 10.4 Å². The van der Waals surface area contributed by atoms with Crippen molar-refractivity contribution in [3.63, 3.8) is 0 Å². The smallest absolute Gasteiger partial charge is 0.253 e. The summed E-state index contributed by atoms with van der Waals surface area (Å²) in [5.41, 5.74) is 8.83. The van der Waals surface area contributed by atoms with E-state index in [-0.39, 0.29) is 5.91 Å². The minimum atomic E-state index is -0.142. The fraction of sp³-hybridized carbons (Fsp3) is 0.286. The van der Waals surface area contributed by atoms with Crippen LogP contribution in [0.1, 0.15) is 21.6 Å². The third kappa shape index (κ3) is 3.13. The third-order valence-corrected chi connectivity index (χ3v) is 3.00. The highest BCUT2D eigenvalue weighted by Crippen LogP contribution is 2.15. The Hall–Kier alpha value is -2.30. The number of carbonyl (C=O) groups excluding carboxylic acids is 1. The van der Waals surface area contributed by atoms with Gasteiger partial charge in [0.2, 0.25) is 0 Å². The molecule has 1 heterocycles. The van der Waals surface area contributed by atoms with Crippen molar-refractivity contribution >= 4 is 11.6 Å². The first-order valence-electron chi connectivity index (χ1n) is 6.19. The molecular formula is C14H18N4O. The highest BCUT2D eigenvalue weighted by atomic mass is 16.1. The number of nitrogens with two attached hydrogens (primary N) is 1. The fourth-order valence-electron chi connectivity index (χ4n) is 1.87. The zero-order valence-electron chi connectivity index (χ0n) is 11.2. The molecule has 0 unspecified atom stereocenters. The lowest BCUT2D eigenvalue weighted by molar-refractivity contribution is 0.0955. The van der Waals surface area contributed by atoms with Crippen molar-refractivity contribution in [2.24, 2.45) is 7.05 Å². The summed E-state index contributed by atoms with van der Waals surface area (Å²) in [6.45, 7) is 2.43. The second kappa shape index (κ2) is 5.56. The molecule has 2 aromatic rings. The van der Waals surface area contributed by atoms with Crippen LogP contribution in [0, 0.1) is 6.92 Å². The summed E-state index contributed by atoms with van der Waals surface area (Å²) >= 11 is 0. The summed E-state index contributed by atoms with van der Waals surface area (Å²) in [6, 6.07) is 7.39. The lowest BCUT2D eigenvalue weighted by Gasteiger charge is -2.08. The Bertz CT molecular complexity index is 589. The largest absolute Gasteiger partial charge is 0.398 e. The minimum Gasteiger partial charge on any atom is -0.398 e. The molecular weight excluding hydrogens is 240 g/mol. The van der Waals surface area contributed by atoms with Crippen LogP contribution in [-0.4, -0.2) is 22.2 Å². The molecule has 19 heavy (non-hydrogen) atoms. The number of amides is 1. The maximum absolute atomic E-state index is 12.0. The Balaban J connectivity index is 1.93. The van der Waals surface area contributed by atoms with Gasteiger partial charge in [-0.1, -0.05) is 12.1 Å². The van der Waals surface area contributed by atoms with Crippen LogP contribution in [0.4, 0.5) is 5.69 Å². The number of nitrogens with one attached hydrogen (secondary N) is 1. The van der Waals surface area contributed by atoms with E-state index in [0.29, 0.717) is 24.2 Å². The fourth-order valence-corrected chi connectivity index (χ4v) is 1.87. The van der Waals surface area contributed by atoms with Crippen LogP contribution in [-0.2, 0) is 13.5 Å². The van der Waals surface area contributed by atoms with E-state index in [0.717, 1.165) is 11.3 Å². The van der Waals surface area contributed by atoms with E-state index < -0.39 is 0 Å². The van der Waals surface area contributed by atoms with Gasteiger partial charge in [0.15, 0.2) is 0 Å². The van der Waals surface area contributed by atoms with E-state index in [1.807, 2.05) is 38.4 Å². The average Bonchev–Trinajstić information content (AvgIpc) is 2.78. The minimum absolute atomic E-state index is 0.142. The van der Waals surface area contributed by atoms with E-state index in [1.54, 1.807) is 10.7 Å². The number of nitrogens with zero attached hydrogens (tertiary/aromatic N) is 2. The molecule has 0 bridgehead atoms. The maximum atomic E-state index is 12.0. The predicted octanol–water partition coefficient (Wildman–Crippen LogP) is 1.28. The second-order valence-electron chi connectivity index (χ2n) is 4.52. The van der Waals surface area contributed by atoms with Crippen LogP contribution in [0.15, 0.2) is 30.5 Å². The molecule has 1 aromatic carbocycles. The topological polar surface area (TPSA) is 72.9 Å². The van der Waals surface area contributed by atoms with Crippen molar-refractivity contribution in [2.45, 2.75) is 13.3 Å². The van der Waals surface area contributed by atoms with Crippen molar-refractivity contribution < 1.29 is 4.79 Å². The van der Waals surface area contributed by atoms with Crippen molar-refractivity contribution in [1.29, 1.82) is 0 Å². The van der Waals surface area contributed by atoms with Crippen LogP contribution in [0.2, 0.25) is 0 Å². The quantitative estimate of drug-likeness (QED) is 0.811. The standard InChI is InChI=1S/C14H18N4O/c1-10-4-3-5-12(13(10)15)14(19)16-8-6-11-7-9-18(2)17-11/h3-5,7,9H,6,8,15H2,1-2H3,(H,16,19). The van der Waals surface area contributed by atoms with Crippen LogP contribution >= 0.6 is 0 Å². The third-order valence-electron chi connectivity index (χ3n) is 3.00. The number of para-hydroxylation sites is 1. The molecule has 3 N–H and O–H groups in total. The Morgan fingerprint density at radius 2 is 2.21 bits per heavy atom. The van der Waals surface area contributed by atoms with Gasteiger partial charge < -0.3 is 11.1 Å². The van der Waals surface area contributed by atoms with Gasteiger partial charge in [-0.3, -0.25) is 9.48 Å². The Morgan fingerprint density at radius 1 is 1.42 bits per heavy atom. The number of nitrogen functional groups attached to an aromatic ring is 1. The van der Waals surface area contributed by atoms with Crippen LogP contribution in [0.5, 0.6) is 0 Å². The molecule has 0 aliphatic heterocycles. The van der Waals surface area contributed by atoms with E-state index in [4.69, 9.17) is 5.73 Å². The van der Waals surface area contributed by atoms with Gasteiger partial charge in [0.25, 0.3) is 5.91 Å². The Labute approximate surface area is 112 Å². The number of hydrogen-bond acceptors (Lipinski definition) is 3. The first-order valence-corrected chi connectivity index (χ1v) is 6.19. The van der Waals surface area contributed by atoms with Crippen molar-refractivity contribution in [3.05, 3.63) is 47.3 Å². The maximum Gasteiger partial charge on any atom is 0.253 e. The first-order chi connectivity index (χ1) is 9.08. The Morgan fingerprint density at radius 3 is 2.89 bits per heavy atom. The number of aromatic nitrogens is 2. The second-order valence-corrected chi connectivity index (χ2v) is 4.52. The molecule has 5 heteroatoms. The monoisotopic (exact) mass is 258 g/mol. The summed E-state index contributed by atoms with van der Waals surface area (Å²) in [6.07, 6.45) is 2.59. The molecule has 5 nitrogen and oxygen atoms in total. The summed E-state index contributed by atoms with van der Waals surface area (Å²) in [5.74, 6) is -0.142. The predicted molar refractivity (Wildman–Crippen MR) is 74.8 cm³/mol. The highest BCUT2D eigenvalue weighted by molar-refractivity contribution is 5.99. The van der Waals surface area contributed by atoms with Crippen molar-refractivity contribution in [1.82, 2.24) is 15.1 Å². The molecule has 0 aliphatic carbocycles. The normalized spacial score (nSPS) is 10.4. The zero-order chi connectivity index (χ0) is 13.8. The molecule has 2 rings (SSSR count). The molecule has 0 atom stereocenters. The molecule has 1 amide bonds. The summed E-state index contributed by atoms with van der Waals surface area (Å²) in [4.78, 5) is 12.0. The van der Waals surface area contributed by atoms with Gasteiger partial charge in [0, 0.05) is 31.9 Å². The van der Waals surface area contributed by atoms with Gasteiger partial charge in [-0.25, -0.2) is 0 Å². The highest BCUT2D eigenvalue weighted by Gasteiger charge is 2.10. The van der Waals surface area contributed by atoms with Gasteiger partial charge in [0.05, 0.1) is 11.3 Å². The van der Waals surface area contributed by atoms with Gasteiger partial charge in [-0.2, -0.15) is 5.10 Å². The van der Waals surface area contributed by atoms with Gasteiger partial charge in [0.1, 0.15) is 0 Å². The zero-order valence-corrected chi connectivity index (χ0v) is 11.2. The number of benzene rings is 1. The summed E-state index contributed by atoms with van der Waals surface area (Å²) in [7, 11) is 1.87. The lowest BCUT2D eigenvalue weighted by atomic mass is 10.1. The Kier molecular flexibility index (Phi) is 3.85. The van der Waals surface area contributed by atoms with E-state index in [9.17, 15) is 4.79 Å². The SMILES string of the molecule is Cc1cccc(C(=O)NCCc2ccn(C)n2)c1N. The van der Waals surface area contributed by atoms with Crippen LogP contribution < -0.4 is 11.1 Å². The molecule has 0 fully saturated rings. The summed E-state index contributed by atoms with van der Waals surface area (Å²) < 4.78 is 1.75. The number of aryl methyl sites for hydroxylation is 2. The van der Waals surface area contributed by atoms with Gasteiger partial charge >= 0.3 is 0 Å². The molecule has 0 spiro atoms. The number of carbonyl (C=O) groups is 1. The molecule has 100 valence electrons. The summed E-state index contributed by atoms with van der Waals surface area (Å²) in [5, 5.41) is 7.11. The number of hydrogen-bond donors (Lipinski definition) is 2. The van der Waals surface area contributed by atoms with Crippen LogP contribution in [0.25, 0.3) is 0 Å². The van der Waals surface area contributed by atoms with Gasteiger partial charge in [-0.15, -0.1) is 0 Å². The molecule has 0 saturated carbocycles.